The molecule has 0 aliphatic carbocycles. The molecule has 0 fully saturated rings. The van der Waals surface area contributed by atoms with Gasteiger partial charge in [0.05, 0.1) is 29.9 Å². The molecule has 2 bridgehead atoms. The Hall–Kier alpha value is -4.72. The maximum Gasteiger partial charge on any atom is 0.436 e. The Balaban J connectivity index is 1.49. The summed E-state index contributed by atoms with van der Waals surface area (Å²) in [7, 11) is 1.48. The van der Waals surface area contributed by atoms with Gasteiger partial charge in [0.1, 0.15) is 0 Å². The van der Waals surface area contributed by atoms with Crippen LogP contribution in [-0.4, -0.2) is 66.2 Å². The van der Waals surface area contributed by atoms with Crippen LogP contribution in [0.5, 0.6) is 0 Å². The van der Waals surface area contributed by atoms with Gasteiger partial charge in [-0.2, -0.15) is 13.2 Å². The minimum absolute atomic E-state index is 0.114. The fourth-order valence-electron chi connectivity index (χ4n) is 5.66. The van der Waals surface area contributed by atoms with Gasteiger partial charge < -0.3 is 15.3 Å². The lowest BCUT2D eigenvalue weighted by atomic mass is 9.92. The maximum atomic E-state index is 13.7. The van der Waals surface area contributed by atoms with E-state index in [1.54, 1.807) is 0 Å². The largest absolute Gasteiger partial charge is 0.465 e. The zero-order valence-corrected chi connectivity index (χ0v) is 26.4. The van der Waals surface area contributed by atoms with E-state index in [1.165, 1.54) is 47.1 Å². The predicted octanol–water partition coefficient (Wildman–Crippen LogP) is 5.60. The Morgan fingerprint density at radius 1 is 1.15 bits per heavy atom. The first-order chi connectivity index (χ1) is 22.3. The van der Waals surface area contributed by atoms with Gasteiger partial charge in [0.15, 0.2) is 5.69 Å². The number of amides is 2. The van der Waals surface area contributed by atoms with Crippen LogP contribution in [0.1, 0.15) is 55.5 Å². The first-order valence-corrected chi connectivity index (χ1v) is 15.4. The monoisotopic (exact) mass is 671 g/mol. The Bertz CT molecular complexity index is 1830. The van der Waals surface area contributed by atoms with E-state index in [0.29, 0.717) is 37.7 Å². The van der Waals surface area contributed by atoms with Crippen LogP contribution >= 0.6 is 11.6 Å². The quantitative estimate of drug-likeness (QED) is 0.273. The molecule has 0 saturated heterocycles. The van der Waals surface area contributed by atoms with Crippen molar-refractivity contribution in [2.45, 2.75) is 57.3 Å². The maximum absolute atomic E-state index is 13.7. The smallest absolute Gasteiger partial charge is 0.436 e. The Morgan fingerprint density at radius 3 is 2.64 bits per heavy atom. The number of nitrogens with zero attached hydrogens (tertiary/aromatic N) is 6. The number of aromatic nitrogens is 5. The number of carboxylic acid groups (broad SMARTS) is 1. The highest BCUT2D eigenvalue weighted by Gasteiger charge is 2.35. The van der Waals surface area contributed by atoms with Gasteiger partial charge in [-0.3, -0.25) is 14.2 Å². The van der Waals surface area contributed by atoms with Crippen LogP contribution < -0.4 is 10.9 Å². The van der Waals surface area contributed by atoms with E-state index in [-0.39, 0.29) is 40.8 Å². The molecule has 4 aromatic rings. The van der Waals surface area contributed by atoms with Crippen molar-refractivity contribution >= 4 is 23.6 Å². The van der Waals surface area contributed by atoms with Crippen LogP contribution in [0.2, 0.25) is 5.02 Å². The average Bonchev–Trinajstić information content (AvgIpc) is 3.53. The van der Waals surface area contributed by atoms with Gasteiger partial charge in [-0.1, -0.05) is 54.4 Å². The summed E-state index contributed by atoms with van der Waals surface area (Å²) in [5.74, 6) is -0.419. The third kappa shape index (κ3) is 7.99. The lowest BCUT2D eigenvalue weighted by molar-refractivity contribution is -0.141. The van der Waals surface area contributed by atoms with Gasteiger partial charge in [-0.25, -0.2) is 14.5 Å². The molecule has 5 rings (SSSR count). The van der Waals surface area contributed by atoms with Crippen molar-refractivity contribution in [3.8, 4) is 16.9 Å². The lowest BCUT2D eigenvalue weighted by Crippen LogP contribution is -2.42. The molecular weight excluding hydrogens is 639 g/mol. The van der Waals surface area contributed by atoms with Crippen LogP contribution in [0.25, 0.3) is 16.9 Å². The number of fused-ring (bicyclic) bond motifs is 2. The van der Waals surface area contributed by atoms with Crippen LogP contribution in [0, 0.1) is 5.92 Å². The standard InChI is InChI=1S/C32H33ClF3N7O4/c1-19-5-3-8-26(21-7-4-6-20(13-21)14-23(38-30(19)45)11-12-41(2)31(46)47)42-18-37-25(16-29(42)44)24-15-22(33)9-10-27(24)43-17-28(39-40-43)32(34,35)36/h4,6-7,9-10,13,15-19,23,26H,3,5,8,11-12,14H2,1-2H3,(H,38,45)(H,46,47)/t19-,23+,26+/m1/s1. The van der Waals surface area contributed by atoms with E-state index in [1.807, 2.05) is 31.2 Å². The summed E-state index contributed by atoms with van der Waals surface area (Å²) in [4.78, 5) is 43.8. The zero-order valence-electron chi connectivity index (χ0n) is 25.6. The van der Waals surface area contributed by atoms with Crippen LogP contribution in [0.4, 0.5) is 18.0 Å². The summed E-state index contributed by atoms with van der Waals surface area (Å²) in [6, 6.07) is 12.8. The van der Waals surface area contributed by atoms with Crippen LogP contribution in [0.3, 0.4) is 0 Å². The predicted molar refractivity (Wildman–Crippen MR) is 167 cm³/mol. The number of hydrogen-bond donors (Lipinski definition) is 2. The van der Waals surface area contributed by atoms with Crippen molar-refractivity contribution in [3.63, 3.8) is 0 Å². The highest BCUT2D eigenvalue weighted by molar-refractivity contribution is 6.31. The number of nitrogens with one attached hydrogen (secondary N) is 1. The van der Waals surface area contributed by atoms with E-state index >= 15 is 0 Å². The summed E-state index contributed by atoms with van der Waals surface area (Å²) in [5.41, 5.74) is 0.907. The second kappa shape index (κ2) is 14.0. The lowest BCUT2D eigenvalue weighted by Gasteiger charge is -2.26. The molecule has 248 valence electrons. The van der Waals surface area contributed by atoms with Crippen molar-refractivity contribution < 1.29 is 27.9 Å². The number of alkyl halides is 3. The van der Waals surface area contributed by atoms with Gasteiger partial charge in [-0.05, 0) is 55.0 Å². The summed E-state index contributed by atoms with van der Waals surface area (Å²) in [5, 5.41) is 19.5. The molecule has 2 amide bonds. The van der Waals surface area contributed by atoms with Gasteiger partial charge in [0.25, 0.3) is 5.56 Å². The molecule has 1 aliphatic heterocycles. The van der Waals surface area contributed by atoms with Gasteiger partial charge in [0, 0.05) is 42.2 Å². The molecule has 0 saturated carbocycles. The summed E-state index contributed by atoms with van der Waals surface area (Å²) >= 11 is 6.24. The van der Waals surface area contributed by atoms with E-state index in [0.717, 1.165) is 22.0 Å². The normalized spacial score (nSPS) is 18.9. The van der Waals surface area contributed by atoms with E-state index in [4.69, 9.17) is 11.6 Å². The molecule has 2 N–H and O–H groups in total. The van der Waals surface area contributed by atoms with Crippen LogP contribution in [-0.2, 0) is 17.4 Å². The second-order valence-electron chi connectivity index (χ2n) is 11.7. The highest BCUT2D eigenvalue weighted by atomic mass is 35.5. The highest BCUT2D eigenvalue weighted by Crippen LogP contribution is 2.32. The third-order valence-corrected chi connectivity index (χ3v) is 8.54. The van der Waals surface area contributed by atoms with Crippen molar-refractivity contribution in [2.24, 2.45) is 5.92 Å². The number of benzene rings is 2. The molecule has 15 heteroatoms. The third-order valence-electron chi connectivity index (χ3n) is 8.30. The first-order valence-electron chi connectivity index (χ1n) is 15.0. The van der Waals surface area contributed by atoms with Gasteiger partial charge in [0.2, 0.25) is 5.91 Å². The summed E-state index contributed by atoms with van der Waals surface area (Å²) < 4.78 is 42.1. The van der Waals surface area contributed by atoms with Crippen molar-refractivity contribution in [1.29, 1.82) is 0 Å². The van der Waals surface area contributed by atoms with Crippen molar-refractivity contribution in [3.05, 3.63) is 93.3 Å². The Morgan fingerprint density at radius 2 is 1.94 bits per heavy atom. The van der Waals surface area contributed by atoms with Gasteiger partial charge in [-0.15, -0.1) is 5.10 Å². The van der Waals surface area contributed by atoms with Crippen molar-refractivity contribution in [1.82, 2.24) is 34.8 Å². The minimum Gasteiger partial charge on any atom is -0.465 e. The Kier molecular flexibility index (Phi) is 9.99. The van der Waals surface area contributed by atoms with E-state index in [2.05, 4.69) is 20.6 Å². The molecular formula is C32H33ClF3N7O4. The van der Waals surface area contributed by atoms with E-state index in [9.17, 15) is 32.7 Å². The van der Waals surface area contributed by atoms with E-state index < -0.39 is 29.6 Å². The number of carbonyl (C=O) groups excluding carboxylic acids is 1. The molecule has 3 heterocycles. The molecule has 11 nitrogen and oxygen atoms in total. The molecule has 2 aromatic heterocycles. The number of hydrogen-bond acceptors (Lipinski definition) is 6. The molecule has 2 aromatic carbocycles. The molecule has 0 radical (unpaired) electrons. The number of halogens is 4. The molecule has 0 spiro atoms. The Labute approximate surface area is 273 Å². The second-order valence-corrected chi connectivity index (χ2v) is 12.2. The molecule has 3 atom stereocenters. The van der Waals surface area contributed by atoms with Gasteiger partial charge >= 0.3 is 12.3 Å². The van der Waals surface area contributed by atoms with Crippen molar-refractivity contribution in [2.75, 3.05) is 13.6 Å². The topological polar surface area (TPSA) is 135 Å². The fraction of sp³-hybridized carbons (Fsp3) is 0.375. The molecule has 0 unspecified atom stereocenters. The SMILES string of the molecule is C[C@@H]1CCC[C@H](n2cnc(-c3cc(Cl)ccc3-n3cc(C(F)(F)F)nn3)cc2=O)c2cccc(c2)C[C@H](CCN(C)C(=O)O)NC1=O. The zero-order chi connectivity index (χ0) is 33.9. The van der Waals surface area contributed by atoms with Crippen LogP contribution in [0.15, 0.2) is 65.8 Å². The number of rotatable bonds is 6. The summed E-state index contributed by atoms with van der Waals surface area (Å²) in [6.07, 6.45) is -0.953. The molecule has 47 heavy (non-hydrogen) atoms. The first kappa shape index (κ1) is 33.6. The molecule has 1 aliphatic rings. The minimum atomic E-state index is -4.69. The summed E-state index contributed by atoms with van der Waals surface area (Å²) in [6.45, 7) is 2.09. The fourth-order valence-corrected chi connectivity index (χ4v) is 5.83. The number of carbonyl (C=O) groups is 2. The average molecular weight is 672 g/mol.